The van der Waals surface area contributed by atoms with Gasteiger partial charge in [0.05, 0.1) is 6.10 Å². The third-order valence-corrected chi connectivity index (χ3v) is 4.37. The van der Waals surface area contributed by atoms with E-state index in [1.54, 1.807) is 6.92 Å². The summed E-state index contributed by atoms with van der Waals surface area (Å²) in [6, 6.07) is -0.664. The van der Waals surface area contributed by atoms with E-state index in [0.29, 0.717) is 13.0 Å². The second kappa shape index (κ2) is 7.07. The molecule has 1 N–H and O–H groups in total. The number of likely N-dealkylation sites (tertiary alicyclic amines) is 1. The largest absolute Gasteiger partial charge is 0.480 e. The maximum atomic E-state index is 12.4. The number of amides is 1. The van der Waals surface area contributed by atoms with E-state index in [1.807, 2.05) is 0 Å². The molecule has 0 radical (unpaired) electrons. The normalized spacial score (nSPS) is 26.2. The van der Waals surface area contributed by atoms with Gasteiger partial charge >= 0.3 is 5.97 Å². The van der Waals surface area contributed by atoms with Gasteiger partial charge in [-0.2, -0.15) is 0 Å². The molecular weight excluding hydrogens is 258 g/mol. The first kappa shape index (κ1) is 15.3. The summed E-state index contributed by atoms with van der Waals surface area (Å²) in [6.45, 7) is 2.29. The van der Waals surface area contributed by atoms with Crippen LogP contribution in [-0.2, 0) is 14.3 Å². The number of hydrogen-bond donors (Lipinski definition) is 1. The zero-order valence-corrected chi connectivity index (χ0v) is 12.2. The van der Waals surface area contributed by atoms with Crippen LogP contribution in [-0.4, -0.2) is 46.7 Å². The summed E-state index contributed by atoms with van der Waals surface area (Å²) in [7, 11) is 0. The first-order valence-corrected chi connectivity index (χ1v) is 7.78. The molecule has 1 heterocycles. The Bertz CT molecular complexity index is 350. The van der Waals surface area contributed by atoms with Gasteiger partial charge in [-0.05, 0) is 32.6 Å². The van der Waals surface area contributed by atoms with Crippen molar-refractivity contribution in [3.05, 3.63) is 0 Å². The lowest BCUT2D eigenvalue weighted by molar-refractivity contribution is -0.155. The molecule has 5 heteroatoms. The Hall–Kier alpha value is -1.10. The number of carboxylic acids is 1. The Morgan fingerprint density at radius 2 is 1.75 bits per heavy atom. The van der Waals surface area contributed by atoms with Crippen LogP contribution < -0.4 is 0 Å². The smallest absolute Gasteiger partial charge is 0.326 e. The van der Waals surface area contributed by atoms with E-state index in [0.717, 1.165) is 32.1 Å². The van der Waals surface area contributed by atoms with E-state index in [1.165, 1.54) is 17.7 Å². The number of carbonyl (C=O) groups excluding carboxylic acids is 1. The first-order valence-electron chi connectivity index (χ1n) is 7.78. The van der Waals surface area contributed by atoms with Gasteiger partial charge in [-0.25, -0.2) is 4.79 Å². The van der Waals surface area contributed by atoms with Gasteiger partial charge in [0.1, 0.15) is 12.1 Å². The highest BCUT2D eigenvalue weighted by atomic mass is 16.5. The van der Waals surface area contributed by atoms with Crippen molar-refractivity contribution in [3.63, 3.8) is 0 Å². The molecule has 2 atom stereocenters. The lowest BCUT2D eigenvalue weighted by Crippen LogP contribution is -2.46. The standard InChI is InChI=1S/C15H25NO4/c1-11(20-12-7-4-2-3-5-8-12)14(17)16-10-6-9-13(16)15(18)19/h11-13H,2-10H2,1H3,(H,18,19)/t11?,13-/m0/s1. The second-order valence-electron chi connectivity index (χ2n) is 5.92. The maximum Gasteiger partial charge on any atom is 0.326 e. The third kappa shape index (κ3) is 3.72. The highest BCUT2D eigenvalue weighted by Crippen LogP contribution is 2.23. The minimum Gasteiger partial charge on any atom is -0.480 e. The summed E-state index contributed by atoms with van der Waals surface area (Å²) in [5, 5.41) is 9.14. The average molecular weight is 283 g/mol. The molecule has 1 amide bonds. The van der Waals surface area contributed by atoms with Gasteiger partial charge in [0.2, 0.25) is 0 Å². The van der Waals surface area contributed by atoms with Crippen LogP contribution in [0, 0.1) is 0 Å². The number of ether oxygens (including phenoxy) is 1. The van der Waals surface area contributed by atoms with Crippen molar-refractivity contribution in [2.45, 2.75) is 76.5 Å². The number of hydrogen-bond acceptors (Lipinski definition) is 3. The van der Waals surface area contributed by atoms with Crippen molar-refractivity contribution >= 4 is 11.9 Å². The predicted molar refractivity (Wildman–Crippen MR) is 74.4 cm³/mol. The second-order valence-corrected chi connectivity index (χ2v) is 5.92. The van der Waals surface area contributed by atoms with Crippen LogP contribution in [0.25, 0.3) is 0 Å². The summed E-state index contributed by atoms with van der Waals surface area (Å²) in [6.07, 6.45) is 7.78. The van der Waals surface area contributed by atoms with Crippen molar-refractivity contribution in [3.8, 4) is 0 Å². The molecule has 1 saturated heterocycles. The highest BCUT2D eigenvalue weighted by molar-refractivity contribution is 5.86. The molecule has 114 valence electrons. The summed E-state index contributed by atoms with van der Waals surface area (Å²) >= 11 is 0. The van der Waals surface area contributed by atoms with Gasteiger partial charge in [0.25, 0.3) is 5.91 Å². The van der Waals surface area contributed by atoms with E-state index in [9.17, 15) is 9.59 Å². The van der Waals surface area contributed by atoms with Gasteiger partial charge in [-0.3, -0.25) is 4.79 Å². The van der Waals surface area contributed by atoms with E-state index in [2.05, 4.69) is 0 Å². The van der Waals surface area contributed by atoms with E-state index < -0.39 is 18.1 Å². The van der Waals surface area contributed by atoms with Crippen molar-refractivity contribution in [2.24, 2.45) is 0 Å². The molecule has 0 aromatic carbocycles. The minimum absolute atomic E-state index is 0.155. The van der Waals surface area contributed by atoms with Crippen LogP contribution in [0.1, 0.15) is 58.3 Å². The van der Waals surface area contributed by atoms with Gasteiger partial charge in [0, 0.05) is 6.54 Å². The molecule has 1 saturated carbocycles. The van der Waals surface area contributed by atoms with E-state index >= 15 is 0 Å². The average Bonchev–Trinajstić information content (AvgIpc) is 2.77. The molecule has 20 heavy (non-hydrogen) atoms. The monoisotopic (exact) mass is 283 g/mol. The zero-order valence-electron chi connectivity index (χ0n) is 12.2. The van der Waals surface area contributed by atoms with E-state index in [4.69, 9.17) is 9.84 Å². The molecule has 0 aromatic heterocycles. The van der Waals surface area contributed by atoms with Crippen LogP contribution in [0.4, 0.5) is 0 Å². The molecule has 2 fully saturated rings. The van der Waals surface area contributed by atoms with Crippen molar-refractivity contribution in [1.82, 2.24) is 4.90 Å². The lowest BCUT2D eigenvalue weighted by atomic mass is 10.1. The van der Waals surface area contributed by atoms with Gasteiger partial charge in [-0.15, -0.1) is 0 Å². The number of carbonyl (C=O) groups is 2. The van der Waals surface area contributed by atoms with Crippen molar-refractivity contribution in [1.29, 1.82) is 0 Å². The number of rotatable bonds is 4. The van der Waals surface area contributed by atoms with Crippen molar-refractivity contribution in [2.75, 3.05) is 6.54 Å². The maximum absolute atomic E-state index is 12.4. The molecule has 1 aliphatic heterocycles. The Morgan fingerprint density at radius 1 is 1.10 bits per heavy atom. The van der Waals surface area contributed by atoms with Crippen LogP contribution in [0.5, 0.6) is 0 Å². The zero-order chi connectivity index (χ0) is 14.5. The number of carboxylic acid groups (broad SMARTS) is 1. The Labute approximate surface area is 120 Å². The van der Waals surface area contributed by atoms with Crippen LogP contribution in [0.15, 0.2) is 0 Å². The summed E-state index contributed by atoms with van der Waals surface area (Å²) < 4.78 is 5.89. The van der Waals surface area contributed by atoms with Gasteiger partial charge in [0.15, 0.2) is 0 Å². The molecule has 2 aliphatic rings. The molecule has 5 nitrogen and oxygen atoms in total. The molecule has 0 spiro atoms. The molecule has 2 rings (SSSR count). The summed E-state index contributed by atoms with van der Waals surface area (Å²) in [5.74, 6) is -1.07. The fourth-order valence-corrected chi connectivity index (χ4v) is 3.25. The quantitative estimate of drug-likeness (QED) is 0.803. The summed E-state index contributed by atoms with van der Waals surface area (Å²) in [4.78, 5) is 25.0. The van der Waals surface area contributed by atoms with E-state index in [-0.39, 0.29) is 12.0 Å². The predicted octanol–water partition coefficient (Wildman–Crippen LogP) is 2.19. The summed E-state index contributed by atoms with van der Waals surface area (Å²) in [5.41, 5.74) is 0. The lowest BCUT2D eigenvalue weighted by Gasteiger charge is -2.27. The van der Waals surface area contributed by atoms with Gasteiger partial charge in [-0.1, -0.05) is 25.7 Å². The topological polar surface area (TPSA) is 66.8 Å². The van der Waals surface area contributed by atoms with Crippen LogP contribution >= 0.6 is 0 Å². The van der Waals surface area contributed by atoms with Gasteiger partial charge < -0.3 is 14.7 Å². The molecule has 1 unspecified atom stereocenters. The SMILES string of the molecule is CC(OC1CCCCCC1)C(=O)N1CCC[C@H]1C(=O)O. The number of aliphatic carboxylic acids is 1. The first-order chi connectivity index (χ1) is 9.59. The Morgan fingerprint density at radius 3 is 2.35 bits per heavy atom. The Kier molecular flexibility index (Phi) is 5.40. The highest BCUT2D eigenvalue weighted by Gasteiger charge is 2.36. The minimum atomic E-state index is -0.905. The third-order valence-electron chi connectivity index (χ3n) is 4.37. The number of nitrogens with zero attached hydrogens (tertiary/aromatic N) is 1. The fraction of sp³-hybridized carbons (Fsp3) is 0.867. The Balaban J connectivity index is 1.89. The molecular formula is C15H25NO4. The fourth-order valence-electron chi connectivity index (χ4n) is 3.25. The van der Waals surface area contributed by atoms with Crippen LogP contribution in [0.3, 0.4) is 0 Å². The van der Waals surface area contributed by atoms with Crippen LogP contribution in [0.2, 0.25) is 0 Å². The molecule has 0 aromatic rings. The molecule has 1 aliphatic carbocycles. The van der Waals surface area contributed by atoms with Crippen molar-refractivity contribution < 1.29 is 19.4 Å². The molecule has 0 bridgehead atoms.